The third kappa shape index (κ3) is 6.64. The van der Waals surface area contributed by atoms with Gasteiger partial charge in [0.25, 0.3) is 0 Å². The summed E-state index contributed by atoms with van der Waals surface area (Å²) in [6.07, 6.45) is 3.04. The van der Waals surface area contributed by atoms with E-state index < -0.39 is 12.0 Å². The Morgan fingerprint density at radius 2 is 2.00 bits per heavy atom. The molecule has 0 aromatic heterocycles. The van der Waals surface area contributed by atoms with Gasteiger partial charge in [0.2, 0.25) is 5.91 Å². The van der Waals surface area contributed by atoms with Crippen molar-refractivity contribution in [3.05, 3.63) is 0 Å². The monoisotopic (exact) mass is 271 g/mol. The molecule has 1 aliphatic rings. The lowest BCUT2D eigenvalue weighted by Gasteiger charge is -2.19. The van der Waals surface area contributed by atoms with Crippen LogP contribution in [0.3, 0.4) is 0 Å². The van der Waals surface area contributed by atoms with Crippen LogP contribution in [0.15, 0.2) is 0 Å². The van der Waals surface area contributed by atoms with E-state index in [0.717, 1.165) is 12.8 Å². The summed E-state index contributed by atoms with van der Waals surface area (Å²) in [5.74, 6) is -1.03. The lowest BCUT2D eigenvalue weighted by molar-refractivity contribution is -0.137. The van der Waals surface area contributed by atoms with Crippen LogP contribution in [0, 0.1) is 0 Å². The zero-order valence-corrected chi connectivity index (χ0v) is 11.1. The fraction of sp³-hybridized carbons (Fsp3) is 0.750. The molecule has 19 heavy (non-hydrogen) atoms. The number of urea groups is 1. The van der Waals surface area contributed by atoms with Crippen molar-refractivity contribution in [3.63, 3.8) is 0 Å². The van der Waals surface area contributed by atoms with Crippen LogP contribution in [0.4, 0.5) is 4.79 Å². The van der Waals surface area contributed by atoms with E-state index in [2.05, 4.69) is 10.6 Å². The van der Waals surface area contributed by atoms with Gasteiger partial charge in [-0.05, 0) is 26.2 Å². The number of rotatable bonds is 8. The second kappa shape index (κ2) is 7.60. The second-order valence-corrected chi connectivity index (χ2v) is 4.59. The molecule has 7 heteroatoms. The molecule has 7 nitrogen and oxygen atoms in total. The number of nitrogens with one attached hydrogen (secondary N) is 2. The topological polar surface area (TPSA) is 98.7 Å². The molecule has 0 radical (unpaired) electrons. The van der Waals surface area contributed by atoms with Gasteiger partial charge >= 0.3 is 12.0 Å². The summed E-state index contributed by atoms with van der Waals surface area (Å²) in [4.78, 5) is 34.7. The Hall–Kier alpha value is -1.79. The SMILES string of the molecule is CCN(CC(=O)O)C(=O)NCCCC(=O)NC1CC1. The van der Waals surface area contributed by atoms with E-state index in [1.807, 2.05) is 0 Å². The molecule has 0 atom stereocenters. The number of hydrogen-bond donors (Lipinski definition) is 3. The lowest BCUT2D eigenvalue weighted by Crippen LogP contribution is -2.43. The van der Waals surface area contributed by atoms with Crippen LogP contribution >= 0.6 is 0 Å². The number of carboxylic acids is 1. The molecule has 1 fully saturated rings. The average Bonchev–Trinajstić information content (AvgIpc) is 3.14. The van der Waals surface area contributed by atoms with E-state index in [1.54, 1.807) is 6.92 Å². The molecule has 0 aromatic rings. The number of aliphatic carboxylic acids is 1. The summed E-state index contributed by atoms with van der Waals surface area (Å²) in [6, 6.07) is -0.0549. The first kappa shape index (κ1) is 15.3. The van der Waals surface area contributed by atoms with Gasteiger partial charge in [-0.2, -0.15) is 0 Å². The van der Waals surface area contributed by atoms with Gasteiger partial charge in [0.05, 0.1) is 0 Å². The van der Waals surface area contributed by atoms with Crippen molar-refractivity contribution in [1.82, 2.24) is 15.5 Å². The van der Waals surface area contributed by atoms with E-state index in [9.17, 15) is 14.4 Å². The molecule has 1 aliphatic carbocycles. The van der Waals surface area contributed by atoms with Gasteiger partial charge in [-0.3, -0.25) is 9.59 Å². The Morgan fingerprint density at radius 1 is 1.32 bits per heavy atom. The number of nitrogens with zero attached hydrogens (tertiary/aromatic N) is 1. The van der Waals surface area contributed by atoms with E-state index in [4.69, 9.17) is 5.11 Å². The molecule has 0 aliphatic heterocycles. The summed E-state index contributed by atoms with van der Waals surface area (Å²) in [6.45, 7) is 2.10. The summed E-state index contributed by atoms with van der Waals surface area (Å²) in [7, 11) is 0. The Bertz CT molecular complexity index is 342. The van der Waals surface area contributed by atoms with Crippen LogP contribution in [0.1, 0.15) is 32.6 Å². The highest BCUT2D eigenvalue weighted by Crippen LogP contribution is 2.18. The molecule has 1 saturated carbocycles. The first-order chi connectivity index (χ1) is 9.02. The van der Waals surface area contributed by atoms with E-state index in [1.165, 1.54) is 4.90 Å². The van der Waals surface area contributed by atoms with Crippen LogP contribution < -0.4 is 10.6 Å². The summed E-state index contributed by atoms with van der Waals surface area (Å²) >= 11 is 0. The minimum Gasteiger partial charge on any atom is -0.480 e. The van der Waals surface area contributed by atoms with Crippen LogP contribution in [-0.2, 0) is 9.59 Å². The van der Waals surface area contributed by atoms with Crippen molar-refractivity contribution in [3.8, 4) is 0 Å². The molecule has 3 N–H and O–H groups in total. The minimum absolute atomic E-state index is 0.00892. The summed E-state index contributed by atoms with van der Waals surface area (Å²) in [5.41, 5.74) is 0. The molecule has 0 bridgehead atoms. The molecule has 1 rings (SSSR count). The van der Waals surface area contributed by atoms with Gasteiger partial charge in [-0.15, -0.1) is 0 Å². The maximum absolute atomic E-state index is 11.6. The molecule has 0 heterocycles. The highest BCUT2D eigenvalue weighted by molar-refractivity contribution is 5.80. The molecular formula is C12H21N3O4. The number of carbonyl (C=O) groups is 3. The molecular weight excluding hydrogens is 250 g/mol. The molecule has 0 aromatic carbocycles. The highest BCUT2D eigenvalue weighted by Gasteiger charge is 2.22. The predicted octanol–water partition coefficient (Wildman–Crippen LogP) is 0.161. The molecule has 108 valence electrons. The number of hydrogen-bond acceptors (Lipinski definition) is 3. The van der Waals surface area contributed by atoms with Crippen molar-refractivity contribution in [2.24, 2.45) is 0 Å². The predicted molar refractivity (Wildman–Crippen MR) is 68.7 cm³/mol. The highest BCUT2D eigenvalue weighted by atomic mass is 16.4. The standard InChI is InChI=1S/C12H21N3O4/c1-2-15(8-11(17)18)12(19)13-7-3-4-10(16)14-9-5-6-9/h9H,2-8H2,1H3,(H,13,19)(H,14,16)(H,17,18). The van der Waals surface area contributed by atoms with Crippen molar-refractivity contribution < 1.29 is 19.5 Å². The number of carbonyl (C=O) groups excluding carboxylic acids is 2. The molecule has 0 saturated heterocycles. The van der Waals surface area contributed by atoms with Gasteiger partial charge in [-0.1, -0.05) is 0 Å². The van der Waals surface area contributed by atoms with Crippen LogP contribution in [0.2, 0.25) is 0 Å². The number of amides is 3. The normalized spacial score (nSPS) is 13.7. The number of likely N-dealkylation sites (N-methyl/N-ethyl adjacent to an activating group) is 1. The maximum Gasteiger partial charge on any atom is 0.323 e. The molecule has 3 amide bonds. The van der Waals surface area contributed by atoms with Crippen LogP contribution in [0.25, 0.3) is 0 Å². The largest absolute Gasteiger partial charge is 0.480 e. The van der Waals surface area contributed by atoms with Crippen molar-refractivity contribution in [2.75, 3.05) is 19.6 Å². The molecule has 0 unspecified atom stereocenters. The van der Waals surface area contributed by atoms with Crippen molar-refractivity contribution in [1.29, 1.82) is 0 Å². The maximum atomic E-state index is 11.6. The smallest absolute Gasteiger partial charge is 0.323 e. The third-order valence-electron chi connectivity index (χ3n) is 2.79. The Morgan fingerprint density at radius 3 is 2.53 bits per heavy atom. The van der Waals surface area contributed by atoms with E-state index in [0.29, 0.717) is 32.0 Å². The van der Waals surface area contributed by atoms with Crippen LogP contribution in [-0.4, -0.2) is 53.6 Å². The van der Waals surface area contributed by atoms with Gasteiger partial charge in [0.15, 0.2) is 0 Å². The number of carboxylic acid groups (broad SMARTS) is 1. The van der Waals surface area contributed by atoms with Crippen molar-refractivity contribution >= 4 is 17.9 Å². The average molecular weight is 271 g/mol. The van der Waals surface area contributed by atoms with Crippen LogP contribution in [0.5, 0.6) is 0 Å². The van der Waals surface area contributed by atoms with E-state index in [-0.39, 0.29) is 12.5 Å². The van der Waals surface area contributed by atoms with Gasteiger partial charge < -0.3 is 20.6 Å². The quantitative estimate of drug-likeness (QED) is 0.548. The lowest BCUT2D eigenvalue weighted by atomic mass is 10.3. The minimum atomic E-state index is -1.04. The Kier molecular flexibility index (Phi) is 6.11. The van der Waals surface area contributed by atoms with Gasteiger partial charge in [-0.25, -0.2) is 4.79 Å². The van der Waals surface area contributed by atoms with E-state index >= 15 is 0 Å². The fourth-order valence-corrected chi connectivity index (χ4v) is 1.57. The molecule has 0 spiro atoms. The van der Waals surface area contributed by atoms with Gasteiger partial charge in [0.1, 0.15) is 6.54 Å². The van der Waals surface area contributed by atoms with Gasteiger partial charge in [0, 0.05) is 25.6 Å². The summed E-state index contributed by atoms with van der Waals surface area (Å²) in [5, 5.41) is 14.1. The summed E-state index contributed by atoms with van der Waals surface area (Å²) < 4.78 is 0. The van der Waals surface area contributed by atoms with Crippen molar-refractivity contribution in [2.45, 2.75) is 38.6 Å². The first-order valence-electron chi connectivity index (χ1n) is 6.56. The third-order valence-corrected chi connectivity index (χ3v) is 2.79. The fourth-order valence-electron chi connectivity index (χ4n) is 1.57. The zero-order valence-electron chi connectivity index (χ0n) is 11.1. The Labute approximate surface area is 112 Å². The Balaban J connectivity index is 2.10. The first-order valence-corrected chi connectivity index (χ1v) is 6.56. The zero-order chi connectivity index (χ0) is 14.3. The second-order valence-electron chi connectivity index (χ2n) is 4.59.